The lowest BCUT2D eigenvalue weighted by atomic mass is 10.1. The van der Waals surface area contributed by atoms with Crippen molar-refractivity contribution in [3.8, 4) is 0 Å². The number of nitrogens with one attached hydrogen (secondary N) is 1. The predicted octanol–water partition coefficient (Wildman–Crippen LogP) is 4.51. The number of carbonyl (C=O) groups is 2. The molecule has 0 radical (unpaired) electrons. The molecule has 126 valence electrons. The largest absolute Gasteiger partial charge is 0.455 e. The number of esters is 1. The smallest absolute Gasteiger partial charge is 0.310 e. The third-order valence-corrected chi connectivity index (χ3v) is 3.87. The van der Waals surface area contributed by atoms with Crippen molar-refractivity contribution in [3.63, 3.8) is 0 Å². The van der Waals surface area contributed by atoms with E-state index in [0.717, 1.165) is 0 Å². The van der Waals surface area contributed by atoms with Gasteiger partial charge in [-0.25, -0.2) is 4.39 Å². The highest BCUT2D eigenvalue weighted by molar-refractivity contribution is 6.35. The second kappa shape index (κ2) is 8.33. The van der Waals surface area contributed by atoms with Gasteiger partial charge in [0.05, 0.1) is 17.1 Å². The first kappa shape index (κ1) is 18.5. The molecule has 24 heavy (non-hydrogen) atoms. The summed E-state index contributed by atoms with van der Waals surface area (Å²) in [6.07, 6.45) is -0.378. The van der Waals surface area contributed by atoms with E-state index in [1.54, 1.807) is 6.07 Å². The van der Waals surface area contributed by atoms with Crippen molar-refractivity contribution < 1.29 is 18.7 Å². The summed E-state index contributed by atoms with van der Waals surface area (Å²) in [4.78, 5) is 23.5. The van der Waals surface area contributed by atoms with Gasteiger partial charge in [0.1, 0.15) is 5.82 Å². The Morgan fingerprint density at radius 2 is 1.83 bits per heavy atom. The van der Waals surface area contributed by atoms with E-state index in [9.17, 15) is 14.0 Å². The van der Waals surface area contributed by atoms with Gasteiger partial charge in [0.15, 0.2) is 6.61 Å². The monoisotopic (exact) mass is 389 g/mol. The molecule has 0 saturated carbocycles. The molecule has 2 aromatic carbocycles. The third-order valence-electron chi connectivity index (χ3n) is 2.95. The molecule has 1 N–H and O–H groups in total. The maximum Gasteiger partial charge on any atom is 0.310 e. The highest BCUT2D eigenvalue weighted by atomic mass is 35.5. The van der Waals surface area contributed by atoms with Crippen LogP contribution >= 0.6 is 34.8 Å². The molecule has 0 aliphatic carbocycles. The number of benzene rings is 2. The second-order valence-electron chi connectivity index (χ2n) is 4.71. The Labute approximate surface area is 152 Å². The van der Waals surface area contributed by atoms with Crippen molar-refractivity contribution in [3.05, 3.63) is 62.8 Å². The number of carbonyl (C=O) groups excluding carboxylic acids is 2. The lowest BCUT2D eigenvalue weighted by Gasteiger charge is -2.09. The van der Waals surface area contributed by atoms with Gasteiger partial charge in [0, 0.05) is 15.6 Å². The Kier molecular flexibility index (Phi) is 6.43. The predicted molar refractivity (Wildman–Crippen MR) is 91.2 cm³/mol. The minimum Gasteiger partial charge on any atom is -0.455 e. The van der Waals surface area contributed by atoms with Gasteiger partial charge < -0.3 is 10.1 Å². The summed E-state index contributed by atoms with van der Waals surface area (Å²) in [6, 6.07) is 8.62. The van der Waals surface area contributed by atoms with Crippen LogP contribution in [0.25, 0.3) is 0 Å². The summed E-state index contributed by atoms with van der Waals surface area (Å²) in [5.74, 6) is -2.00. The molecule has 0 saturated heterocycles. The van der Waals surface area contributed by atoms with Gasteiger partial charge in [0.25, 0.3) is 5.91 Å². The topological polar surface area (TPSA) is 55.4 Å². The zero-order valence-corrected chi connectivity index (χ0v) is 14.4. The van der Waals surface area contributed by atoms with Crippen LogP contribution in [0.15, 0.2) is 36.4 Å². The van der Waals surface area contributed by atoms with Crippen molar-refractivity contribution in [1.82, 2.24) is 0 Å². The fourth-order valence-electron chi connectivity index (χ4n) is 1.82. The van der Waals surface area contributed by atoms with Crippen molar-refractivity contribution in [2.75, 3.05) is 11.9 Å². The molecule has 0 atom stereocenters. The number of hydrogen-bond acceptors (Lipinski definition) is 3. The molecular formula is C16H11Cl3FNO3. The first-order valence-electron chi connectivity index (χ1n) is 6.70. The number of halogens is 4. The molecule has 4 nitrogen and oxygen atoms in total. The van der Waals surface area contributed by atoms with Gasteiger partial charge in [-0.2, -0.15) is 0 Å². The van der Waals surface area contributed by atoms with Crippen LogP contribution in [-0.4, -0.2) is 18.5 Å². The van der Waals surface area contributed by atoms with Crippen LogP contribution in [0, 0.1) is 5.82 Å². The van der Waals surface area contributed by atoms with Gasteiger partial charge in [0.2, 0.25) is 0 Å². The average Bonchev–Trinajstić information content (AvgIpc) is 2.53. The summed E-state index contributed by atoms with van der Waals surface area (Å²) in [5, 5.41) is 3.25. The molecule has 2 rings (SSSR count). The maximum atomic E-state index is 13.6. The second-order valence-corrected chi connectivity index (χ2v) is 5.96. The summed E-state index contributed by atoms with van der Waals surface area (Å²) in [6.45, 7) is -0.548. The zero-order chi connectivity index (χ0) is 17.7. The van der Waals surface area contributed by atoms with Crippen molar-refractivity contribution in [2.45, 2.75) is 6.42 Å². The minimum atomic E-state index is -0.783. The summed E-state index contributed by atoms with van der Waals surface area (Å²) < 4.78 is 18.4. The van der Waals surface area contributed by atoms with Crippen LogP contribution in [-0.2, 0) is 20.7 Å². The van der Waals surface area contributed by atoms with E-state index in [-0.39, 0.29) is 22.0 Å². The summed E-state index contributed by atoms with van der Waals surface area (Å²) >= 11 is 17.5. The van der Waals surface area contributed by atoms with Crippen molar-refractivity contribution in [2.24, 2.45) is 0 Å². The molecule has 0 aliphatic heterocycles. The lowest BCUT2D eigenvalue weighted by molar-refractivity contribution is -0.146. The van der Waals surface area contributed by atoms with Crippen molar-refractivity contribution in [1.29, 1.82) is 0 Å². The SMILES string of the molecule is O=C(COC(=O)Cc1c(F)cccc1Cl)Nc1cc(Cl)ccc1Cl. The summed E-state index contributed by atoms with van der Waals surface area (Å²) in [7, 11) is 0. The third kappa shape index (κ3) is 5.09. The average molecular weight is 391 g/mol. The van der Waals surface area contributed by atoms with Gasteiger partial charge in [-0.3, -0.25) is 9.59 Å². The van der Waals surface area contributed by atoms with Gasteiger partial charge in [-0.1, -0.05) is 40.9 Å². The molecular weight excluding hydrogens is 380 g/mol. The Morgan fingerprint density at radius 3 is 2.54 bits per heavy atom. The molecule has 2 aromatic rings. The number of hydrogen-bond donors (Lipinski definition) is 1. The lowest BCUT2D eigenvalue weighted by Crippen LogP contribution is -2.22. The summed E-state index contributed by atoms with van der Waals surface area (Å²) in [5.41, 5.74) is 0.310. The fourth-order valence-corrected chi connectivity index (χ4v) is 2.39. The first-order valence-corrected chi connectivity index (χ1v) is 7.83. The molecule has 0 aliphatic rings. The van der Waals surface area contributed by atoms with E-state index in [0.29, 0.717) is 10.7 Å². The van der Waals surface area contributed by atoms with Crippen LogP contribution in [0.4, 0.5) is 10.1 Å². The van der Waals surface area contributed by atoms with E-state index < -0.39 is 24.3 Å². The van der Waals surface area contributed by atoms with Gasteiger partial charge in [-0.15, -0.1) is 0 Å². The molecule has 0 aromatic heterocycles. The van der Waals surface area contributed by atoms with Crippen LogP contribution in [0.1, 0.15) is 5.56 Å². The highest BCUT2D eigenvalue weighted by Crippen LogP contribution is 2.25. The van der Waals surface area contributed by atoms with E-state index in [4.69, 9.17) is 39.5 Å². The number of ether oxygens (including phenoxy) is 1. The van der Waals surface area contributed by atoms with E-state index >= 15 is 0 Å². The Hall–Kier alpha value is -1.82. The maximum absolute atomic E-state index is 13.6. The zero-order valence-electron chi connectivity index (χ0n) is 12.1. The van der Waals surface area contributed by atoms with Crippen LogP contribution in [0.3, 0.4) is 0 Å². The van der Waals surface area contributed by atoms with E-state index in [2.05, 4.69) is 5.32 Å². The van der Waals surface area contributed by atoms with Crippen LogP contribution in [0.5, 0.6) is 0 Å². The van der Waals surface area contributed by atoms with E-state index in [1.165, 1.54) is 30.3 Å². The van der Waals surface area contributed by atoms with Gasteiger partial charge >= 0.3 is 5.97 Å². The molecule has 1 amide bonds. The van der Waals surface area contributed by atoms with Crippen molar-refractivity contribution >= 4 is 52.4 Å². The number of rotatable bonds is 5. The number of amides is 1. The normalized spacial score (nSPS) is 10.3. The minimum absolute atomic E-state index is 0.0162. The van der Waals surface area contributed by atoms with E-state index in [1.807, 2.05) is 0 Å². The van der Waals surface area contributed by atoms with Crippen LogP contribution < -0.4 is 5.32 Å². The highest BCUT2D eigenvalue weighted by Gasteiger charge is 2.15. The standard InChI is InChI=1S/C16H11Cl3FNO3/c17-9-4-5-12(19)14(6-9)21-15(22)8-24-16(23)7-10-11(18)2-1-3-13(10)20/h1-6H,7-8H2,(H,21,22). The Balaban J connectivity index is 1.89. The number of anilines is 1. The van der Waals surface area contributed by atoms with Gasteiger partial charge in [-0.05, 0) is 30.3 Å². The quantitative estimate of drug-likeness (QED) is 0.764. The molecule has 0 bridgehead atoms. The molecule has 8 heteroatoms. The Bertz CT molecular complexity index is 763. The molecule has 0 spiro atoms. The Morgan fingerprint density at radius 1 is 1.08 bits per heavy atom. The molecule has 0 heterocycles. The molecule has 0 unspecified atom stereocenters. The first-order chi connectivity index (χ1) is 11.4. The molecule has 0 fully saturated rings. The fraction of sp³-hybridized carbons (Fsp3) is 0.125. The van der Waals surface area contributed by atoms with Crippen LogP contribution in [0.2, 0.25) is 15.1 Å².